The molecule has 36 heavy (non-hydrogen) atoms. The molecule has 0 saturated heterocycles. The third-order valence-corrected chi connectivity index (χ3v) is 5.75. The summed E-state index contributed by atoms with van der Waals surface area (Å²) >= 11 is 6.42. The Morgan fingerprint density at radius 3 is 2.25 bits per heavy atom. The SMILES string of the molecule is COc1ccc(-c2cc(C(F)(F)F)nc(SCC(=O)Nc3cc(C(F)(F)F)ccc3Cl)n2)cc1OC. The number of halogens is 7. The molecule has 1 heterocycles. The van der Waals surface area contributed by atoms with Crippen molar-refractivity contribution in [2.75, 3.05) is 25.3 Å². The van der Waals surface area contributed by atoms with Crippen LogP contribution in [0.5, 0.6) is 11.5 Å². The second-order valence-electron chi connectivity index (χ2n) is 7.02. The monoisotopic (exact) mass is 551 g/mol. The topological polar surface area (TPSA) is 73.3 Å². The van der Waals surface area contributed by atoms with E-state index >= 15 is 0 Å². The van der Waals surface area contributed by atoms with Gasteiger partial charge in [0.25, 0.3) is 0 Å². The summed E-state index contributed by atoms with van der Waals surface area (Å²) < 4.78 is 89.5. The van der Waals surface area contributed by atoms with Crippen molar-refractivity contribution in [2.24, 2.45) is 0 Å². The zero-order chi connectivity index (χ0) is 26.7. The normalized spacial score (nSPS) is 11.8. The number of ether oxygens (including phenoxy) is 2. The van der Waals surface area contributed by atoms with E-state index in [1.165, 1.54) is 32.4 Å². The standard InChI is InChI=1S/C22H16ClF6N3O3S/c1-34-16-6-3-11(7-17(16)35-2)14-9-18(22(27,28)29)32-20(31-14)36-10-19(33)30-15-8-12(21(24,25)26)4-5-13(15)23/h3-9H,10H2,1-2H3,(H,30,33). The highest BCUT2D eigenvalue weighted by molar-refractivity contribution is 7.99. The largest absolute Gasteiger partial charge is 0.493 e. The number of hydrogen-bond acceptors (Lipinski definition) is 6. The number of thioether (sulfide) groups is 1. The predicted octanol–water partition coefficient (Wildman–Crippen LogP) is 6.58. The molecule has 0 radical (unpaired) electrons. The van der Waals surface area contributed by atoms with Gasteiger partial charge >= 0.3 is 12.4 Å². The van der Waals surface area contributed by atoms with Gasteiger partial charge in [0.05, 0.1) is 41.9 Å². The molecule has 0 aliphatic heterocycles. The van der Waals surface area contributed by atoms with Gasteiger partial charge in [-0.15, -0.1) is 0 Å². The molecule has 0 bridgehead atoms. The quantitative estimate of drug-likeness (QED) is 0.203. The molecule has 1 N–H and O–H groups in total. The van der Waals surface area contributed by atoms with Crippen molar-refractivity contribution >= 4 is 35.0 Å². The smallest absolute Gasteiger partial charge is 0.433 e. The van der Waals surface area contributed by atoms with E-state index in [9.17, 15) is 31.1 Å². The van der Waals surface area contributed by atoms with Gasteiger partial charge in [-0.1, -0.05) is 23.4 Å². The van der Waals surface area contributed by atoms with Gasteiger partial charge in [-0.3, -0.25) is 4.79 Å². The summed E-state index contributed by atoms with van der Waals surface area (Å²) in [6, 6.07) is 7.51. The molecule has 6 nitrogen and oxygen atoms in total. The van der Waals surface area contributed by atoms with E-state index in [4.69, 9.17) is 21.1 Å². The van der Waals surface area contributed by atoms with Gasteiger partial charge in [-0.2, -0.15) is 26.3 Å². The number of amides is 1. The number of benzene rings is 2. The van der Waals surface area contributed by atoms with Crippen LogP contribution in [0.25, 0.3) is 11.3 Å². The molecule has 2 aromatic carbocycles. The van der Waals surface area contributed by atoms with E-state index < -0.39 is 35.3 Å². The number of methoxy groups -OCH3 is 2. The highest BCUT2D eigenvalue weighted by atomic mass is 35.5. The lowest BCUT2D eigenvalue weighted by Gasteiger charge is -2.13. The number of nitrogens with zero attached hydrogens (tertiary/aromatic N) is 2. The van der Waals surface area contributed by atoms with Gasteiger partial charge < -0.3 is 14.8 Å². The van der Waals surface area contributed by atoms with Crippen LogP contribution in [0.1, 0.15) is 11.3 Å². The number of nitrogens with one attached hydrogen (secondary N) is 1. The molecule has 3 rings (SSSR count). The van der Waals surface area contributed by atoms with Crippen LogP contribution in [0.15, 0.2) is 47.6 Å². The van der Waals surface area contributed by atoms with Crippen molar-refractivity contribution in [2.45, 2.75) is 17.5 Å². The number of rotatable bonds is 7. The Hall–Kier alpha value is -3.19. The molecule has 0 aliphatic rings. The number of alkyl halides is 6. The molecule has 1 amide bonds. The fourth-order valence-corrected chi connectivity index (χ4v) is 3.72. The average molecular weight is 552 g/mol. The molecule has 3 aromatic rings. The molecular weight excluding hydrogens is 536 g/mol. The number of carbonyl (C=O) groups excluding carboxylic acids is 1. The predicted molar refractivity (Wildman–Crippen MR) is 121 cm³/mol. The van der Waals surface area contributed by atoms with Crippen molar-refractivity contribution in [3.8, 4) is 22.8 Å². The maximum Gasteiger partial charge on any atom is 0.433 e. The number of aromatic nitrogens is 2. The fraction of sp³-hybridized carbons (Fsp3) is 0.227. The van der Waals surface area contributed by atoms with Crippen LogP contribution >= 0.6 is 23.4 Å². The summed E-state index contributed by atoms with van der Waals surface area (Å²) in [6.45, 7) is 0. The van der Waals surface area contributed by atoms with Crippen molar-refractivity contribution in [1.82, 2.24) is 9.97 Å². The molecule has 0 spiro atoms. The molecule has 1 aromatic heterocycles. The second kappa shape index (κ2) is 10.8. The summed E-state index contributed by atoms with van der Waals surface area (Å²) in [7, 11) is 2.76. The first kappa shape index (κ1) is 27.4. The van der Waals surface area contributed by atoms with Crippen molar-refractivity contribution in [3.05, 3.63) is 58.7 Å². The Labute approximate surface area is 210 Å². The molecule has 0 fully saturated rings. The zero-order valence-corrected chi connectivity index (χ0v) is 20.0. The summed E-state index contributed by atoms with van der Waals surface area (Å²) in [6.07, 6.45) is -9.47. The van der Waals surface area contributed by atoms with Gasteiger partial charge in [-0.05, 0) is 42.5 Å². The Bertz CT molecular complexity index is 1270. The highest BCUT2D eigenvalue weighted by Gasteiger charge is 2.34. The number of anilines is 1. The van der Waals surface area contributed by atoms with Crippen LogP contribution in [0.3, 0.4) is 0 Å². The summed E-state index contributed by atoms with van der Waals surface area (Å²) in [5.74, 6) is -0.714. The van der Waals surface area contributed by atoms with Crippen LogP contribution in [-0.2, 0) is 17.1 Å². The van der Waals surface area contributed by atoms with E-state index in [1.54, 1.807) is 0 Å². The highest BCUT2D eigenvalue weighted by Crippen LogP contribution is 2.36. The van der Waals surface area contributed by atoms with Gasteiger partial charge in [0.1, 0.15) is 5.69 Å². The van der Waals surface area contributed by atoms with Crippen LogP contribution in [0.2, 0.25) is 5.02 Å². The van der Waals surface area contributed by atoms with Crippen LogP contribution in [0.4, 0.5) is 32.0 Å². The zero-order valence-electron chi connectivity index (χ0n) is 18.4. The first-order chi connectivity index (χ1) is 16.8. The summed E-state index contributed by atoms with van der Waals surface area (Å²) in [5, 5.41) is 1.69. The van der Waals surface area contributed by atoms with Crippen LogP contribution in [-0.4, -0.2) is 35.8 Å². The second-order valence-corrected chi connectivity index (χ2v) is 8.37. The Kier molecular flexibility index (Phi) is 8.24. The van der Waals surface area contributed by atoms with E-state index in [0.29, 0.717) is 23.6 Å². The Morgan fingerprint density at radius 2 is 1.64 bits per heavy atom. The first-order valence-corrected chi connectivity index (χ1v) is 11.2. The molecule has 0 aliphatic carbocycles. The van der Waals surface area contributed by atoms with Crippen molar-refractivity contribution in [1.29, 1.82) is 0 Å². The van der Waals surface area contributed by atoms with Crippen LogP contribution < -0.4 is 14.8 Å². The minimum Gasteiger partial charge on any atom is -0.493 e. The third-order valence-electron chi connectivity index (χ3n) is 4.58. The van der Waals surface area contributed by atoms with E-state index in [2.05, 4.69) is 15.3 Å². The third kappa shape index (κ3) is 6.72. The Balaban J connectivity index is 1.85. The molecule has 0 atom stereocenters. The molecule has 0 saturated carbocycles. The minimum absolute atomic E-state index is 0.0953. The van der Waals surface area contributed by atoms with Crippen LogP contribution in [0, 0.1) is 0 Å². The van der Waals surface area contributed by atoms with E-state index in [-0.39, 0.29) is 32.9 Å². The maximum atomic E-state index is 13.5. The lowest BCUT2D eigenvalue weighted by molar-refractivity contribution is -0.141. The molecule has 192 valence electrons. The van der Waals surface area contributed by atoms with Crippen molar-refractivity contribution < 1.29 is 40.6 Å². The molecule has 14 heteroatoms. The average Bonchev–Trinajstić information content (AvgIpc) is 2.82. The van der Waals surface area contributed by atoms with E-state index in [1.807, 2.05) is 0 Å². The Morgan fingerprint density at radius 1 is 0.944 bits per heavy atom. The van der Waals surface area contributed by atoms with Gasteiger partial charge in [0, 0.05) is 5.56 Å². The number of hydrogen-bond donors (Lipinski definition) is 1. The molecular formula is C22H16ClF6N3O3S. The number of carbonyl (C=O) groups is 1. The maximum absolute atomic E-state index is 13.5. The first-order valence-electron chi connectivity index (χ1n) is 9.80. The van der Waals surface area contributed by atoms with Crippen molar-refractivity contribution in [3.63, 3.8) is 0 Å². The van der Waals surface area contributed by atoms with Gasteiger partial charge in [0.2, 0.25) is 5.91 Å². The summed E-state index contributed by atoms with van der Waals surface area (Å²) in [5.41, 5.74) is -2.40. The van der Waals surface area contributed by atoms with Gasteiger partial charge in [0.15, 0.2) is 16.7 Å². The summed E-state index contributed by atoms with van der Waals surface area (Å²) in [4.78, 5) is 19.9. The fourth-order valence-electron chi connectivity index (χ4n) is 2.89. The van der Waals surface area contributed by atoms with Gasteiger partial charge in [-0.25, -0.2) is 9.97 Å². The minimum atomic E-state index is -4.81. The van der Waals surface area contributed by atoms with E-state index in [0.717, 1.165) is 18.2 Å². The lowest BCUT2D eigenvalue weighted by atomic mass is 10.1. The molecule has 0 unspecified atom stereocenters. The lowest BCUT2D eigenvalue weighted by Crippen LogP contribution is -2.16.